The lowest BCUT2D eigenvalue weighted by Gasteiger charge is -2.27. The third kappa shape index (κ3) is 6.10. The first-order valence-electron chi connectivity index (χ1n) is 11.3. The molecule has 0 radical (unpaired) electrons. The molecule has 1 aliphatic rings. The molecule has 1 amide bonds. The molecule has 1 aliphatic heterocycles. The zero-order valence-electron chi connectivity index (χ0n) is 18.9. The van der Waals surface area contributed by atoms with Crippen LogP contribution in [0.3, 0.4) is 0 Å². The summed E-state index contributed by atoms with van der Waals surface area (Å²) >= 11 is 3.37. The van der Waals surface area contributed by atoms with Crippen LogP contribution >= 0.6 is 23.1 Å². The number of hydrogen-bond donors (Lipinski definition) is 0. The van der Waals surface area contributed by atoms with Crippen LogP contribution in [0.1, 0.15) is 24.0 Å². The van der Waals surface area contributed by atoms with Gasteiger partial charge >= 0.3 is 0 Å². The molecule has 0 unspecified atom stereocenters. The molecule has 2 heterocycles. The van der Waals surface area contributed by atoms with E-state index in [0.29, 0.717) is 13.0 Å². The highest BCUT2D eigenvalue weighted by molar-refractivity contribution is 7.99. The maximum Gasteiger partial charge on any atom is 0.229 e. The molecule has 7 heteroatoms. The van der Waals surface area contributed by atoms with Crippen molar-refractivity contribution in [3.05, 3.63) is 53.6 Å². The zero-order valence-corrected chi connectivity index (χ0v) is 20.5. The second-order valence-corrected chi connectivity index (χ2v) is 10.3. The van der Waals surface area contributed by atoms with Crippen molar-refractivity contribution in [3.8, 4) is 0 Å². The molecule has 0 saturated carbocycles. The summed E-state index contributed by atoms with van der Waals surface area (Å²) in [5.74, 6) is 0.926. The number of aryl methyl sites for hydroxylation is 2. The highest BCUT2D eigenvalue weighted by atomic mass is 32.2. The number of ether oxygens (including phenoxy) is 1. The number of rotatable bonds is 9. The maximum atomic E-state index is 13.3. The smallest absolute Gasteiger partial charge is 0.229 e. The quantitative estimate of drug-likeness (QED) is 0.406. The summed E-state index contributed by atoms with van der Waals surface area (Å²) in [6.07, 6.45) is 1.44. The number of anilines is 1. The van der Waals surface area contributed by atoms with Crippen LogP contribution in [0.2, 0.25) is 0 Å². The fourth-order valence-electron chi connectivity index (χ4n) is 3.99. The molecule has 1 saturated heterocycles. The van der Waals surface area contributed by atoms with Crippen molar-refractivity contribution in [2.75, 3.05) is 50.0 Å². The minimum atomic E-state index is 0.156. The third-order valence-electron chi connectivity index (χ3n) is 5.63. The Hall–Kier alpha value is -1.93. The number of amides is 1. The van der Waals surface area contributed by atoms with Crippen molar-refractivity contribution in [3.63, 3.8) is 0 Å². The fourth-order valence-corrected chi connectivity index (χ4v) is 5.91. The van der Waals surface area contributed by atoms with Gasteiger partial charge in [0.25, 0.3) is 0 Å². The summed E-state index contributed by atoms with van der Waals surface area (Å²) in [6, 6.07) is 14.6. The van der Waals surface area contributed by atoms with Crippen molar-refractivity contribution < 1.29 is 9.53 Å². The van der Waals surface area contributed by atoms with Gasteiger partial charge in [-0.05, 0) is 49.6 Å². The van der Waals surface area contributed by atoms with E-state index in [4.69, 9.17) is 9.72 Å². The number of morpholine rings is 1. The lowest BCUT2D eigenvalue weighted by Crippen LogP contribution is -2.39. The average molecular weight is 470 g/mol. The normalized spacial score (nSPS) is 14.7. The van der Waals surface area contributed by atoms with Crippen LogP contribution in [0, 0.1) is 13.8 Å². The predicted molar refractivity (Wildman–Crippen MR) is 135 cm³/mol. The number of nitrogens with zero attached hydrogens (tertiary/aromatic N) is 3. The second-order valence-electron chi connectivity index (χ2n) is 8.19. The molecule has 0 atom stereocenters. The Morgan fingerprint density at radius 2 is 1.97 bits per heavy atom. The van der Waals surface area contributed by atoms with Gasteiger partial charge in [-0.3, -0.25) is 14.6 Å². The van der Waals surface area contributed by atoms with E-state index in [0.717, 1.165) is 55.7 Å². The minimum absolute atomic E-state index is 0.156. The number of thiazole rings is 1. The Morgan fingerprint density at radius 1 is 1.19 bits per heavy atom. The van der Waals surface area contributed by atoms with Gasteiger partial charge in [-0.1, -0.05) is 35.6 Å². The van der Waals surface area contributed by atoms with Gasteiger partial charge in [-0.25, -0.2) is 4.98 Å². The lowest BCUT2D eigenvalue weighted by atomic mass is 10.1. The topological polar surface area (TPSA) is 45.7 Å². The Morgan fingerprint density at radius 3 is 2.75 bits per heavy atom. The van der Waals surface area contributed by atoms with Crippen molar-refractivity contribution in [1.82, 2.24) is 9.88 Å². The van der Waals surface area contributed by atoms with E-state index in [-0.39, 0.29) is 5.91 Å². The molecule has 5 nitrogen and oxygen atoms in total. The number of hydrogen-bond acceptors (Lipinski definition) is 6. The number of aromatic nitrogens is 1. The Balaban J connectivity index is 1.45. The molecular formula is C25H31N3O2S2. The summed E-state index contributed by atoms with van der Waals surface area (Å²) in [5, 5.41) is 0.824. The van der Waals surface area contributed by atoms with E-state index >= 15 is 0 Å². The average Bonchev–Trinajstić information content (AvgIpc) is 3.22. The van der Waals surface area contributed by atoms with Crippen LogP contribution in [-0.2, 0) is 9.53 Å². The van der Waals surface area contributed by atoms with Crippen LogP contribution in [0.5, 0.6) is 0 Å². The molecule has 32 heavy (non-hydrogen) atoms. The highest BCUT2D eigenvalue weighted by Crippen LogP contribution is 2.33. The first-order chi connectivity index (χ1) is 15.6. The molecule has 0 N–H and O–H groups in total. The van der Waals surface area contributed by atoms with Gasteiger partial charge < -0.3 is 4.74 Å². The number of carbonyl (C=O) groups is 1. The Labute approximate surface area is 198 Å². The van der Waals surface area contributed by atoms with Crippen LogP contribution in [0.25, 0.3) is 10.2 Å². The van der Waals surface area contributed by atoms with E-state index in [1.807, 2.05) is 23.1 Å². The van der Waals surface area contributed by atoms with Gasteiger partial charge in [0.2, 0.25) is 5.91 Å². The van der Waals surface area contributed by atoms with Crippen molar-refractivity contribution in [2.45, 2.75) is 31.6 Å². The third-order valence-corrected chi connectivity index (χ3v) is 7.87. The monoisotopic (exact) mass is 469 g/mol. The van der Waals surface area contributed by atoms with Crippen molar-refractivity contribution >= 4 is 44.4 Å². The summed E-state index contributed by atoms with van der Waals surface area (Å²) in [6.45, 7) is 9.45. The maximum absolute atomic E-state index is 13.3. The number of benzene rings is 2. The molecule has 3 aromatic rings. The van der Waals surface area contributed by atoms with Crippen LogP contribution < -0.4 is 4.90 Å². The highest BCUT2D eigenvalue weighted by Gasteiger charge is 2.21. The van der Waals surface area contributed by atoms with Crippen molar-refractivity contribution in [1.29, 1.82) is 0 Å². The van der Waals surface area contributed by atoms with Gasteiger partial charge in [0, 0.05) is 43.2 Å². The molecule has 170 valence electrons. The van der Waals surface area contributed by atoms with Gasteiger partial charge in [-0.2, -0.15) is 0 Å². The molecule has 0 spiro atoms. The summed E-state index contributed by atoms with van der Waals surface area (Å²) in [4.78, 5) is 23.7. The lowest BCUT2D eigenvalue weighted by molar-refractivity contribution is -0.118. The SMILES string of the molecule is Cc1cc(C)c2sc(N(CCCN3CCOCC3)C(=O)CCSc3ccccc3)nc2c1. The summed E-state index contributed by atoms with van der Waals surface area (Å²) in [5.41, 5.74) is 3.42. The van der Waals surface area contributed by atoms with E-state index in [1.165, 1.54) is 20.7 Å². The molecule has 1 fully saturated rings. The van der Waals surface area contributed by atoms with Crippen molar-refractivity contribution in [2.24, 2.45) is 0 Å². The molecule has 2 aromatic carbocycles. The van der Waals surface area contributed by atoms with Gasteiger partial charge in [0.15, 0.2) is 5.13 Å². The van der Waals surface area contributed by atoms with Gasteiger partial charge in [-0.15, -0.1) is 11.8 Å². The van der Waals surface area contributed by atoms with E-state index < -0.39 is 0 Å². The predicted octanol–water partition coefficient (Wildman–Crippen LogP) is 5.15. The van der Waals surface area contributed by atoms with E-state index in [9.17, 15) is 4.79 Å². The number of thioether (sulfide) groups is 1. The Bertz CT molecular complexity index is 1030. The van der Waals surface area contributed by atoms with E-state index in [2.05, 4.69) is 43.0 Å². The first kappa shape index (κ1) is 23.2. The van der Waals surface area contributed by atoms with Crippen LogP contribution in [-0.4, -0.2) is 60.9 Å². The molecule has 0 aliphatic carbocycles. The van der Waals surface area contributed by atoms with Crippen LogP contribution in [0.4, 0.5) is 5.13 Å². The number of fused-ring (bicyclic) bond motifs is 1. The zero-order chi connectivity index (χ0) is 22.3. The summed E-state index contributed by atoms with van der Waals surface area (Å²) in [7, 11) is 0. The molecule has 0 bridgehead atoms. The standard InChI is InChI=1S/C25H31N3O2S2/c1-19-17-20(2)24-22(18-19)26-25(32-24)28(11-6-10-27-12-14-30-15-13-27)23(29)9-16-31-21-7-4-3-5-8-21/h3-5,7-8,17-18H,6,9-16H2,1-2H3. The molecular weight excluding hydrogens is 438 g/mol. The van der Waals surface area contributed by atoms with Gasteiger partial charge in [0.1, 0.15) is 0 Å². The second kappa shape index (κ2) is 11.3. The van der Waals surface area contributed by atoms with Crippen LogP contribution in [0.15, 0.2) is 47.4 Å². The molecule has 1 aromatic heterocycles. The largest absolute Gasteiger partial charge is 0.379 e. The minimum Gasteiger partial charge on any atom is -0.379 e. The van der Waals surface area contributed by atoms with Gasteiger partial charge in [0.05, 0.1) is 23.4 Å². The molecule has 4 rings (SSSR count). The fraction of sp³-hybridized carbons (Fsp3) is 0.440. The summed E-state index contributed by atoms with van der Waals surface area (Å²) < 4.78 is 6.63. The Kier molecular flexibility index (Phi) is 8.19. The van der Waals surface area contributed by atoms with E-state index in [1.54, 1.807) is 23.1 Å². The first-order valence-corrected chi connectivity index (χ1v) is 13.1. The number of carbonyl (C=O) groups excluding carboxylic acids is 1.